The van der Waals surface area contributed by atoms with Crippen LogP contribution in [0.4, 0.5) is 0 Å². The summed E-state index contributed by atoms with van der Waals surface area (Å²) < 4.78 is 1.21. The van der Waals surface area contributed by atoms with Crippen LogP contribution in [0.15, 0.2) is 15.9 Å². The van der Waals surface area contributed by atoms with E-state index in [0.717, 1.165) is 51.1 Å². The Balaban J connectivity index is 1.68. The average Bonchev–Trinajstić information content (AvgIpc) is 2.76. The van der Waals surface area contributed by atoms with Gasteiger partial charge in [0.2, 0.25) is 0 Å². The molecule has 1 heterocycles. The van der Waals surface area contributed by atoms with Gasteiger partial charge in [-0.25, -0.2) is 0 Å². The van der Waals surface area contributed by atoms with Crippen molar-refractivity contribution >= 4 is 33.0 Å². The molecule has 0 amide bonds. The standard InChI is InChI=1S/C14H20BrNOS/c1-16(9-8-13-6-7-14(15)18-13)10-11-2-4-12(17)5-3-11/h6-7,11H,2-5,8-10H2,1H3. The molecule has 0 aromatic carbocycles. The maximum atomic E-state index is 11.2. The maximum absolute atomic E-state index is 11.2. The Labute approximate surface area is 122 Å². The highest BCUT2D eigenvalue weighted by atomic mass is 79.9. The first-order valence-electron chi connectivity index (χ1n) is 6.58. The van der Waals surface area contributed by atoms with Crippen LogP contribution in [0, 0.1) is 5.92 Å². The third-order valence-corrected chi connectivity index (χ3v) is 5.28. The van der Waals surface area contributed by atoms with Crippen molar-refractivity contribution in [2.24, 2.45) is 5.92 Å². The third-order valence-electron chi connectivity index (χ3n) is 3.60. The molecule has 1 aliphatic carbocycles. The molecule has 1 saturated carbocycles. The van der Waals surface area contributed by atoms with E-state index in [-0.39, 0.29) is 0 Å². The van der Waals surface area contributed by atoms with Gasteiger partial charge in [-0.1, -0.05) is 0 Å². The van der Waals surface area contributed by atoms with Crippen molar-refractivity contribution < 1.29 is 4.79 Å². The Bertz CT molecular complexity index is 394. The van der Waals surface area contributed by atoms with Crippen LogP contribution in [0.1, 0.15) is 30.6 Å². The lowest BCUT2D eigenvalue weighted by atomic mass is 9.88. The van der Waals surface area contributed by atoms with E-state index < -0.39 is 0 Å². The highest BCUT2D eigenvalue weighted by Crippen LogP contribution is 2.24. The van der Waals surface area contributed by atoms with Gasteiger partial charge in [0.25, 0.3) is 0 Å². The molecule has 2 rings (SSSR count). The summed E-state index contributed by atoms with van der Waals surface area (Å²) in [5, 5.41) is 0. The lowest BCUT2D eigenvalue weighted by Crippen LogP contribution is -2.30. The van der Waals surface area contributed by atoms with Crippen molar-refractivity contribution in [2.75, 3.05) is 20.1 Å². The van der Waals surface area contributed by atoms with E-state index in [0.29, 0.717) is 5.78 Å². The molecule has 100 valence electrons. The molecule has 4 heteroatoms. The Kier molecular flexibility index (Phi) is 5.39. The van der Waals surface area contributed by atoms with Gasteiger partial charge in [-0.05, 0) is 60.3 Å². The van der Waals surface area contributed by atoms with Crippen LogP contribution < -0.4 is 0 Å². The van der Waals surface area contributed by atoms with Gasteiger partial charge >= 0.3 is 0 Å². The number of hydrogen-bond acceptors (Lipinski definition) is 3. The van der Waals surface area contributed by atoms with Crippen molar-refractivity contribution in [3.63, 3.8) is 0 Å². The molecule has 1 fully saturated rings. The third kappa shape index (κ3) is 4.48. The monoisotopic (exact) mass is 329 g/mol. The number of carbonyl (C=O) groups excluding carboxylic acids is 1. The van der Waals surface area contributed by atoms with Crippen LogP contribution in [-0.2, 0) is 11.2 Å². The zero-order chi connectivity index (χ0) is 13.0. The van der Waals surface area contributed by atoms with Crippen molar-refractivity contribution in [3.8, 4) is 0 Å². The summed E-state index contributed by atoms with van der Waals surface area (Å²) in [5.74, 6) is 1.18. The fraction of sp³-hybridized carbons (Fsp3) is 0.643. The molecule has 0 atom stereocenters. The van der Waals surface area contributed by atoms with Gasteiger partial charge in [0.15, 0.2) is 0 Å². The maximum Gasteiger partial charge on any atom is 0.132 e. The first-order chi connectivity index (χ1) is 8.63. The van der Waals surface area contributed by atoms with Crippen molar-refractivity contribution in [1.82, 2.24) is 4.90 Å². The first-order valence-corrected chi connectivity index (χ1v) is 8.19. The molecule has 1 aliphatic rings. The smallest absolute Gasteiger partial charge is 0.132 e. The van der Waals surface area contributed by atoms with Crippen LogP contribution >= 0.6 is 27.3 Å². The van der Waals surface area contributed by atoms with Crippen molar-refractivity contribution in [1.29, 1.82) is 0 Å². The molecule has 0 aliphatic heterocycles. The van der Waals surface area contributed by atoms with Gasteiger partial charge in [-0.3, -0.25) is 4.79 Å². The van der Waals surface area contributed by atoms with Crippen LogP contribution in [-0.4, -0.2) is 30.8 Å². The molecule has 0 saturated heterocycles. The molecule has 0 radical (unpaired) electrons. The first kappa shape index (κ1) is 14.2. The molecule has 0 N–H and O–H groups in total. The van der Waals surface area contributed by atoms with Crippen LogP contribution in [0.25, 0.3) is 0 Å². The second kappa shape index (κ2) is 6.83. The normalized spacial score (nSPS) is 17.6. The van der Waals surface area contributed by atoms with Crippen molar-refractivity contribution in [2.45, 2.75) is 32.1 Å². The Morgan fingerprint density at radius 2 is 2.11 bits per heavy atom. The van der Waals surface area contributed by atoms with Crippen LogP contribution in [0.2, 0.25) is 0 Å². The summed E-state index contributed by atoms with van der Waals surface area (Å²) in [6.45, 7) is 2.25. The lowest BCUT2D eigenvalue weighted by molar-refractivity contribution is -0.121. The number of carbonyl (C=O) groups is 1. The molecule has 0 bridgehead atoms. The second-order valence-corrected chi connectivity index (χ2v) is 7.75. The number of hydrogen-bond donors (Lipinski definition) is 0. The number of thiophene rings is 1. The molecule has 1 aromatic rings. The van der Waals surface area contributed by atoms with Gasteiger partial charge in [0.05, 0.1) is 3.79 Å². The Morgan fingerprint density at radius 3 is 2.72 bits per heavy atom. The molecule has 18 heavy (non-hydrogen) atoms. The minimum absolute atomic E-state index is 0.456. The quantitative estimate of drug-likeness (QED) is 0.820. The number of rotatable bonds is 5. The van der Waals surface area contributed by atoms with Gasteiger partial charge in [0, 0.05) is 30.8 Å². The summed E-state index contributed by atoms with van der Waals surface area (Å²) >= 11 is 5.32. The SMILES string of the molecule is CN(CCc1ccc(Br)s1)CC1CCC(=O)CC1. The number of ketones is 1. The largest absolute Gasteiger partial charge is 0.306 e. The lowest BCUT2D eigenvalue weighted by Gasteiger charge is -2.26. The van der Waals surface area contributed by atoms with Crippen molar-refractivity contribution in [3.05, 3.63) is 20.8 Å². The average molecular weight is 330 g/mol. The summed E-state index contributed by atoms with van der Waals surface area (Å²) in [6.07, 6.45) is 4.91. The summed E-state index contributed by atoms with van der Waals surface area (Å²) in [5.41, 5.74) is 0. The van der Waals surface area contributed by atoms with E-state index in [4.69, 9.17) is 0 Å². The number of halogens is 1. The zero-order valence-electron chi connectivity index (χ0n) is 10.8. The number of Topliss-reactive ketones (excluding diaryl/α,β-unsaturated/α-hetero) is 1. The Hall–Kier alpha value is -0.190. The summed E-state index contributed by atoms with van der Waals surface area (Å²) in [4.78, 5) is 15.0. The van der Waals surface area contributed by atoms with E-state index in [1.807, 2.05) is 11.3 Å². The number of likely N-dealkylation sites (N-methyl/N-ethyl adjacent to an activating group) is 1. The fourth-order valence-corrected chi connectivity index (χ4v) is 3.97. The highest BCUT2D eigenvalue weighted by Gasteiger charge is 2.19. The molecular weight excluding hydrogens is 310 g/mol. The fourth-order valence-electron chi connectivity index (χ4n) is 2.50. The van der Waals surface area contributed by atoms with Gasteiger partial charge in [-0.2, -0.15) is 0 Å². The second-order valence-electron chi connectivity index (χ2n) is 5.20. The summed E-state index contributed by atoms with van der Waals surface area (Å²) in [6, 6.07) is 4.31. The Morgan fingerprint density at radius 1 is 1.39 bits per heavy atom. The van der Waals surface area contributed by atoms with Gasteiger partial charge in [0.1, 0.15) is 5.78 Å². The predicted molar refractivity (Wildman–Crippen MR) is 80.2 cm³/mol. The zero-order valence-corrected chi connectivity index (χ0v) is 13.2. The van der Waals surface area contributed by atoms with Crippen LogP contribution in [0.5, 0.6) is 0 Å². The van der Waals surface area contributed by atoms with E-state index in [2.05, 4.69) is 40.0 Å². The number of nitrogens with zero attached hydrogens (tertiary/aromatic N) is 1. The van der Waals surface area contributed by atoms with Crippen LogP contribution in [0.3, 0.4) is 0 Å². The van der Waals surface area contributed by atoms with E-state index in [1.54, 1.807) is 0 Å². The molecular formula is C14H20BrNOS. The van der Waals surface area contributed by atoms with Gasteiger partial charge in [-0.15, -0.1) is 11.3 Å². The topological polar surface area (TPSA) is 20.3 Å². The van der Waals surface area contributed by atoms with E-state index >= 15 is 0 Å². The molecule has 0 unspecified atom stereocenters. The van der Waals surface area contributed by atoms with E-state index in [1.165, 1.54) is 8.66 Å². The molecule has 1 aromatic heterocycles. The predicted octanol–water partition coefficient (Wildman–Crippen LogP) is 3.74. The molecule has 0 spiro atoms. The molecule has 2 nitrogen and oxygen atoms in total. The minimum Gasteiger partial charge on any atom is -0.306 e. The highest BCUT2D eigenvalue weighted by molar-refractivity contribution is 9.11. The minimum atomic E-state index is 0.456. The van der Waals surface area contributed by atoms with Gasteiger partial charge < -0.3 is 4.90 Å². The summed E-state index contributed by atoms with van der Waals surface area (Å²) in [7, 11) is 2.19. The van der Waals surface area contributed by atoms with E-state index in [9.17, 15) is 4.79 Å².